The summed E-state index contributed by atoms with van der Waals surface area (Å²) in [5.41, 5.74) is 3.00. The summed E-state index contributed by atoms with van der Waals surface area (Å²) in [5.74, 6) is -0.854. The van der Waals surface area contributed by atoms with Crippen LogP contribution in [0.2, 0.25) is 0 Å². The van der Waals surface area contributed by atoms with E-state index in [0.29, 0.717) is 6.54 Å². The van der Waals surface area contributed by atoms with Crippen LogP contribution in [0.5, 0.6) is 0 Å². The summed E-state index contributed by atoms with van der Waals surface area (Å²) in [6.45, 7) is 0.613. The molecule has 1 aliphatic rings. The zero-order valence-corrected chi connectivity index (χ0v) is 6.21. The Kier molecular flexibility index (Phi) is 3.05. The second kappa shape index (κ2) is 3.16. The van der Waals surface area contributed by atoms with Gasteiger partial charge in [-0.05, 0) is 6.54 Å². The predicted octanol–water partition coefficient (Wildman–Crippen LogP) is -0.405. The molecule has 0 saturated carbocycles. The third-order valence-electron chi connectivity index (χ3n) is 1.54. The largest absolute Gasteiger partial charge is 0.367 e. The number of nitrogens with two attached hydrogens (primary N) is 1. The molecule has 1 amide bonds. The highest BCUT2D eigenvalue weighted by atomic mass is 35.5. The van der Waals surface area contributed by atoms with Crippen LogP contribution >= 0.6 is 12.4 Å². The molecule has 3 nitrogen and oxygen atoms in total. The van der Waals surface area contributed by atoms with E-state index in [9.17, 15) is 9.18 Å². The van der Waals surface area contributed by atoms with Gasteiger partial charge in [0.15, 0.2) is 0 Å². The molecule has 1 unspecified atom stereocenters. The third kappa shape index (κ3) is 1.58. The lowest BCUT2D eigenvalue weighted by atomic mass is 10.1. The molecule has 3 N–H and O–H groups in total. The lowest BCUT2D eigenvalue weighted by molar-refractivity contribution is -0.128. The van der Waals surface area contributed by atoms with Crippen molar-refractivity contribution in [1.82, 2.24) is 5.32 Å². The molecule has 1 fully saturated rings. The van der Waals surface area contributed by atoms with Crippen LogP contribution in [-0.2, 0) is 4.79 Å². The summed E-state index contributed by atoms with van der Waals surface area (Å²) in [4.78, 5) is 10.3. The molecule has 0 aromatic rings. The summed E-state index contributed by atoms with van der Waals surface area (Å²) < 4.78 is 12.9. The van der Waals surface area contributed by atoms with Crippen molar-refractivity contribution in [3.8, 4) is 0 Å². The van der Waals surface area contributed by atoms with Gasteiger partial charge >= 0.3 is 0 Å². The third-order valence-corrected chi connectivity index (χ3v) is 1.54. The molecule has 0 aliphatic carbocycles. The van der Waals surface area contributed by atoms with E-state index in [1.807, 2.05) is 0 Å². The number of amides is 1. The first-order valence-electron chi connectivity index (χ1n) is 2.85. The maximum Gasteiger partial charge on any atom is 0.256 e. The van der Waals surface area contributed by atoms with Gasteiger partial charge in [0.1, 0.15) is 0 Å². The van der Waals surface area contributed by atoms with Gasteiger partial charge in [-0.25, -0.2) is 4.39 Å². The lowest BCUT2D eigenvalue weighted by Crippen LogP contribution is -2.41. The minimum absolute atomic E-state index is 0. The Morgan fingerprint density at radius 1 is 1.70 bits per heavy atom. The summed E-state index contributed by atoms with van der Waals surface area (Å²) in [6, 6.07) is 0. The highest BCUT2D eigenvalue weighted by Gasteiger charge is 2.39. The Morgan fingerprint density at radius 3 is 2.50 bits per heavy atom. The van der Waals surface area contributed by atoms with E-state index in [1.54, 1.807) is 0 Å². The Labute approximate surface area is 64.6 Å². The Balaban J connectivity index is 0.000000810. The molecule has 10 heavy (non-hydrogen) atoms. The van der Waals surface area contributed by atoms with Gasteiger partial charge in [-0.3, -0.25) is 4.79 Å². The summed E-state index contributed by atoms with van der Waals surface area (Å²) in [6.07, 6.45) is 0.211. The van der Waals surface area contributed by atoms with Gasteiger partial charge in [0.05, 0.1) is 0 Å². The highest BCUT2D eigenvalue weighted by molar-refractivity contribution is 5.85. The summed E-state index contributed by atoms with van der Waals surface area (Å²) >= 11 is 0. The molecule has 0 bridgehead atoms. The number of hydrogen-bond acceptors (Lipinski definition) is 2. The first-order valence-corrected chi connectivity index (χ1v) is 2.85. The standard InChI is InChI=1S/C5H9FN2O.ClH/c6-5(4(7)9)1-2-8-3-5;/h8H,1-3H2,(H2,7,9);1H. The quantitative estimate of drug-likeness (QED) is 0.560. The second-order valence-electron chi connectivity index (χ2n) is 2.26. The van der Waals surface area contributed by atoms with Crippen molar-refractivity contribution in [2.24, 2.45) is 5.73 Å². The first-order chi connectivity index (χ1) is 4.15. The smallest absolute Gasteiger partial charge is 0.256 e. The van der Waals surface area contributed by atoms with Gasteiger partial charge in [-0.15, -0.1) is 12.4 Å². The monoisotopic (exact) mass is 168 g/mol. The van der Waals surface area contributed by atoms with E-state index in [4.69, 9.17) is 5.73 Å². The van der Waals surface area contributed by atoms with Crippen LogP contribution < -0.4 is 11.1 Å². The van der Waals surface area contributed by atoms with E-state index >= 15 is 0 Å². The minimum Gasteiger partial charge on any atom is -0.367 e. The molecule has 5 heteroatoms. The van der Waals surface area contributed by atoms with E-state index in [0.717, 1.165) is 0 Å². The SMILES string of the molecule is Cl.NC(=O)C1(F)CCNC1. The molecule has 1 saturated heterocycles. The molecular weight excluding hydrogens is 159 g/mol. The van der Waals surface area contributed by atoms with Crippen LogP contribution in [0, 0.1) is 0 Å². The Hall–Kier alpha value is -0.350. The molecule has 1 heterocycles. The van der Waals surface area contributed by atoms with Gasteiger partial charge in [0.25, 0.3) is 5.91 Å². The molecule has 1 rings (SSSR count). The van der Waals surface area contributed by atoms with Crippen molar-refractivity contribution in [3.63, 3.8) is 0 Å². The predicted molar refractivity (Wildman–Crippen MR) is 37.8 cm³/mol. The average molecular weight is 169 g/mol. The molecular formula is C5H10ClFN2O. The Morgan fingerprint density at radius 2 is 2.30 bits per heavy atom. The van der Waals surface area contributed by atoms with Crippen LogP contribution in [0.1, 0.15) is 6.42 Å². The molecule has 0 radical (unpaired) electrons. The van der Waals surface area contributed by atoms with Gasteiger partial charge < -0.3 is 11.1 Å². The number of alkyl halides is 1. The molecule has 1 atom stereocenters. The van der Waals surface area contributed by atoms with Crippen molar-refractivity contribution >= 4 is 18.3 Å². The van der Waals surface area contributed by atoms with Gasteiger partial charge in [0, 0.05) is 13.0 Å². The van der Waals surface area contributed by atoms with Crippen LogP contribution in [0.3, 0.4) is 0 Å². The highest BCUT2D eigenvalue weighted by Crippen LogP contribution is 2.18. The zero-order valence-electron chi connectivity index (χ0n) is 5.39. The topological polar surface area (TPSA) is 55.1 Å². The van der Waals surface area contributed by atoms with Crippen LogP contribution in [-0.4, -0.2) is 24.7 Å². The normalized spacial score (nSPS) is 31.3. The molecule has 1 aliphatic heterocycles. The number of rotatable bonds is 1. The Bertz CT molecular complexity index is 136. The summed E-state index contributed by atoms with van der Waals surface area (Å²) in [7, 11) is 0. The van der Waals surface area contributed by atoms with Gasteiger partial charge in [0.2, 0.25) is 5.67 Å². The van der Waals surface area contributed by atoms with E-state index in [-0.39, 0.29) is 25.4 Å². The fourth-order valence-electron chi connectivity index (χ4n) is 0.872. The molecule has 0 aromatic carbocycles. The number of primary amides is 1. The van der Waals surface area contributed by atoms with Crippen molar-refractivity contribution < 1.29 is 9.18 Å². The van der Waals surface area contributed by atoms with Crippen molar-refractivity contribution in [1.29, 1.82) is 0 Å². The van der Waals surface area contributed by atoms with Crippen LogP contribution in [0.15, 0.2) is 0 Å². The fraction of sp³-hybridized carbons (Fsp3) is 0.800. The minimum atomic E-state index is -1.78. The van der Waals surface area contributed by atoms with E-state index in [1.165, 1.54) is 0 Å². The average Bonchev–Trinajstić information content (AvgIpc) is 2.16. The van der Waals surface area contributed by atoms with Gasteiger partial charge in [-0.1, -0.05) is 0 Å². The maximum absolute atomic E-state index is 12.9. The van der Waals surface area contributed by atoms with E-state index < -0.39 is 11.6 Å². The van der Waals surface area contributed by atoms with Gasteiger partial charge in [-0.2, -0.15) is 0 Å². The lowest BCUT2D eigenvalue weighted by Gasteiger charge is -2.11. The number of nitrogens with one attached hydrogen (secondary N) is 1. The second-order valence-corrected chi connectivity index (χ2v) is 2.26. The number of hydrogen-bond donors (Lipinski definition) is 2. The number of halogens is 2. The van der Waals surface area contributed by atoms with Crippen LogP contribution in [0.25, 0.3) is 0 Å². The maximum atomic E-state index is 12.9. The van der Waals surface area contributed by atoms with Crippen molar-refractivity contribution in [2.75, 3.05) is 13.1 Å². The number of carbonyl (C=O) groups excluding carboxylic acids is 1. The number of carbonyl (C=O) groups is 1. The molecule has 60 valence electrons. The van der Waals surface area contributed by atoms with Crippen LogP contribution in [0.4, 0.5) is 4.39 Å². The van der Waals surface area contributed by atoms with Crippen molar-refractivity contribution in [3.05, 3.63) is 0 Å². The molecule has 0 spiro atoms. The van der Waals surface area contributed by atoms with E-state index in [2.05, 4.69) is 5.32 Å². The summed E-state index contributed by atoms with van der Waals surface area (Å²) in [5, 5.41) is 2.72. The fourth-order valence-corrected chi connectivity index (χ4v) is 0.872. The molecule has 0 aromatic heterocycles. The zero-order chi connectivity index (χ0) is 6.91. The van der Waals surface area contributed by atoms with Crippen molar-refractivity contribution in [2.45, 2.75) is 12.1 Å². The first kappa shape index (κ1) is 9.65.